The molecule has 6 nitrogen and oxygen atoms in total. The maximum absolute atomic E-state index is 12.3. The number of benzene rings is 1. The van der Waals surface area contributed by atoms with Crippen LogP contribution in [0.4, 0.5) is 0 Å². The number of thioether (sulfide) groups is 1. The van der Waals surface area contributed by atoms with Crippen LogP contribution < -0.4 is 0 Å². The predicted octanol–water partition coefficient (Wildman–Crippen LogP) is 4.63. The number of amidine groups is 2. The summed E-state index contributed by atoms with van der Waals surface area (Å²) in [6.45, 7) is 1.97. The minimum absolute atomic E-state index is 0.000364. The number of carbonyl (C=O) groups excluding carboxylic acids is 1. The normalized spacial score (nSPS) is 18.2. The molecule has 130 valence electrons. The smallest absolute Gasteiger partial charge is 0.283 e. The molecule has 0 spiro atoms. The van der Waals surface area contributed by atoms with Crippen LogP contribution in [0.3, 0.4) is 0 Å². The third-order valence-electron chi connectivity index (χ3n) is 3.84. The number of fused-ring (bicyclic) bond motifs is 1. The second-order valence-electron chi connectivity index (χ2n) is 5.58. The molecule has 1 N–H and O–H groups in total. The highest BCUT2D eigenvalue weighted by Gasteiger charge is 2.35. The van der Waals surface area contributed by atoms with Gasteiger partial charge in [0.15, 0.2) is 5.84 Å². The summed E-state index contributed by atoms with van der Waals surface area (Å²) in [5.74, 6) is 0.648. The Morgan fingerprint density at radius 2 is 2.04 bits per heavy atom. The molecular formula is C18H13ClN4O2S. The molecule has 0 aliphatic carbocycles. The third-order valence-corrected chi connectivity index (χ3v) is 5.15. The fourth-order valence-electron chi connectivity index (χ4n) is 2.52. The van der Waals surface area contributed by atoms with Gasteiger partial charge in [0.1, 0.15) is 16.6 Å². The Balaban J connectivity index is 1.65. The Bertz CT molecular complexity index is 1000. The molecule has 26 heavy (non-hydrogen) atoms. The van der Waals surface area contributed by atoms with Crippen LogP contribution in [0.15, 0.2) is 56.5 Å². The molecule has 1 amide bonds. The molecule has 1 aromatic heterocycles. The highest BCUT2D eigenvalue weighted by molar-refractivity contribution is 8.26. The van der Waals surface area contributed by atoms with Crippen LogP contribution in [0.1, 0.15) is 19.1 Å². The summed E-state index contributed by atoms with van der Waals surface area (Å²) in [7, 11) is 0. The fraction of sp³-hybridized carbons (Fsp3) is 0.111. The molecule has 4 rings (SSSR count). The zero-order valence-electron chi connectivity index (χ0n) is 13.7. The van der Waals surface area contributed by atoms with Crippen LogP contribution in [0.5, 0.6) is 0 Å². The number of hydrogen-bond donors (Lipinski definition) is 1. The molecule has 2 aromatic rings. The molecule has 0 saturated carbocycles. The Labute approximate surface area is 158 Å². The van der Waals surface area contributed by atoms with E-state index < -0.39 is 5.91 Å². The van der Waals surface area contributed by atoms with Gasteiger partial charge in [-0.05, 0) is 60.7 Å². The van der Waals surface area contributed by atoms with Gasteiger partial charge in [-0.2, -0.15) is 15.1 Å². The first-order valence-electron chi connectivity index (χ1n) is 7.90. The van der Waals surface area contributed by atoms with Crippen molar-refractivity contribution in [3.05, 3.63) is 52.8 Å². The highest BCUT2D eigenvalue weighted by Crippen LogP contribution is 2.30. The van der Waals surface area contributed by atoms with Crippen molar-refractivity contribution in [2.24, 2.45) is 10.1 Å². The van der Waals surface area contributed by atoms with Crippen molar-refractivity contribution >= 4 is 51.4 Å². The molecular weight excluding hydrogens is 372 g/mol. The van der Waals surface area contributed by atoms with E-state index in [1.165, 1.54) is 22.8 Å². The lowest BCUT2D eigenvalue weighted by Crippen LogP contribution is -2.35. The van der Waals surface area contributed by atoms with Crippen LogP contribution in [-0.4, -0.2) is 27.0 Å². The van der Waals surface area contributed by atoms with Gasteiger partial charge in [0, 0.05) is 10.6 Å². The zero-order valence-corrected chi connectivity index (χ0v) is 15.3. The van der Waals surface area contributed by atoms with Gasteiger partial charge in [0.25, 0.3) is 5.91 Å². The first kappa shape index (κ1) is 16.8. The number of carbonyl (C=O) groups is 1. The second kappa shape index (κ2) is 6.59. The summed E-state index contributed by atoms with van der Waals surface area (Å²) in [6, 6.07) is 10.8. The van der Waals surface area contributed by atoms with E-state index >= 15 is 0 Å². The van der Waals surface area contributed by atoms with Gasteiger partial charge >= 0.3 is 0 Å². The average Bonchev–Trinajstić information content (AvgIpc) is 3.26. The summed E-state index contributed by atoms with van der Waals surface area (Å²) in [5.41, 5.74) is 1.02. The number of furan rings is 1. The van der Waals surface area contributed by atoms with Crippen molar-refractivity contribution in [1.82, 2.24) is 5.01 Å². The maximum Gasteiger partial charge on any atom is 0.283 e. The summed E-state index contributed by atoms with van der Waals surface area (Å²) >= 11 is 7.22. The minimum Gasteiger partial charge on any atom is -0.457 e. The summed E-state index contributed by atoms with van der Waals surface area (Å²) in [4.78, 5) is 16.3. The topological polar surface area (TPSA) is 82.0 Å². The van der Waals surface area contributed by atoms with Gasteiger partial charge in [-0.1, -0.05) is 18.5 Å². The van der Waals surface area contributed by atoms with E-state index in [9.17, 15) is 4.79 Å². The number of rotatable bonds is 3. The number of halogens is 1. The first-order valence-corrected chi connectivity index (χ1v) is 9.09. The van der Waals surface area contributed by atoms with Crippen molar-refractivity contribution in [3.8, 4) is 11.3 Å². The third kappa shape index (κ3) is 3.00. The van der Waals surface area contributed by atoms with Crippen LogP contribution >= 0.6 is 23.4 Å². The van der Waals surface area contributed by atoms with E-state index in [2.05, 4.69) is 10.1 Å². The van der Waals surface area contributed by atoms with Crippen molar-refractivity contribution < 1.29 is 9.21 Å². The molecule has 0 bridgehead atoms. The van der Waals surface area contributed by atoms with Crippen molar-refractivity contribution in [2.75, 3.05) is 0 Å². The lowest BCUT2D eigenvalue weighted by Gasteiger charge is -2.19. The predicted molar refractivity (Wildman–Crippen MR) is 104 cm³/mol. The van der Waals surface area contributed by atoms with Gasteiger partial charge in [-0.15, -0.1) is 0 Å². The summed E-state index contributed by atoms with van der Waals surface area (Å²) in [6.07, 6.45) is 2.25. The Morgan fingerprint density at radius 3 is 2.77 bits per heavy atom. The number of aliphatic imine (C=N–C) groups is 1. The SMILES string of the molecule is CCC1=NN2C(=N)/C(=C\c3ccc(-c4ccc(Cl)cc4)o3)C(=O)N=C2S1. The van der Waals surface area contributed by atoms with Gasteiger partial charge in [0.2, 0.25) is 5.17 Å². The summed E-state index contributed by atoms with van der Waals surface area (Å²) in [5, 5.41) is 15.9. The van der Waals surface area contributed by atoms with Crippen molar-refractivity contribution in [2.45, 2.75) is 13.3 Å². The standard InChI is InChI=1S/C18H13ClN4O2S/c1-2-15-22-23-16(20)13(17(24)21-18(23)26-15)9-12-7-8-14(25-12)10-3-5-11(19)6-4-10/h3-9,20H,2H2,1H3/b13-9+,20-16?. The number of hydrazone groups is 1. The molecule has 0 saturated heterocycles. The monoisotopic (exact) mass is 384 g/mol. The van der Waals surface area contributed by atoms with Gasteiger partial charge in [-0.25, -0.2) is 0 Å². The molecule has 2 aliphatic rings. The lowest BCUT2D eigenvalue weighted by molar-refractivity contribution is -0.114. The van der Waals surface area contributed by atoms with E-state index in [0.717, 1.165) is 17.0 Å². The molecule has 0 radical (unpaired) electrons. The van der Waals surface area contributed by atoms with E-state index in [0.29, 0.717) is 21.7 Å². The zero-order chi connectivity index (χ0) is 18.3. The van der Waals surface area contributed by atoms with E-state index in [-0.39, 0.29) is 11.4 Å². The number of nitrogens with one attached hydrogen (secondary N) is 1. The van der Waals surface area contributed by atoms with Crippen LogP contribution in [0.2, 0.25) is 5.02 Å². The van der Waals surface area contributed by atoms with E-state index in [1.54, 1.807) is 24.3 Å². The van der Waals surface area contributed by atoms with Crippen molar-refractivity contribution in [1.29, 1.82) is 5.41 Å². The van der Waals surface area contributed by atoms with Crippen molar-refractivity contribution in [3.63, 3.8) is 0 Å². The quantitative estimate of drug-likeness (QED) is 0.782. The molecule has 0 unspecified atom stereocenters. The van der Waals surface area contributed by atoms with E-state index in [1.807, 2.05) is 19.1 Å². The highest BCUT2D eigenvalue weighted by atomic mass is 35.5. The fourth-order valence-corrected chi connectivity index (χ4v) is 3.47. The molecule has 0 fully saturated rings. The van der Waals surface area contributed by atoms with Crippen LogP contribution in [-0.2, 0) is 4.79 Å². The molecule has 8 heteroatoms. The number of nitrogens with zero attached hydrogens (tertiary/aromatic N) is 3. The summed E-state index contributed by atoms with van der Waals surface area (Å²) < 4.78 is 5.79. The molecule has 0 atom stereocenters. The van der Waals surface area contributed by atoms with Gasteiger partial charge in [-0.3, -0.25) is 10.2 Å². The Hall–Kier alpha value is -2.64. The van der Waals surface area contributed by atoms with Gasteiger partial charge < -0.3 is 4.42 Å². The van der Waals surface area contributed by atoms with Gasteiger partial charge in [0.05, 0.1) is 5.57 Å². The minimum atomic E-state index is -0.467. The van der Waals surface area contributed by atoms with E-state index in [4.69, 9.17) is 21.4 Å². The first-order chi connectivity index (χ1) is 12.5. The lowest BCUT2D eigenvalue weighted by atomic mass is 10.1. The second-order valence-corrected chi connectivity index (χ2v) is 7.05. The molecule has 1 aromatic carbocycles. The molecule has 2 aliphatic heterocycles. The maximum atomic E-state index is 12.3. The number of amides is 1. The largest absolute Gasteiger partial charge is 0.457 e. The average molecular weight is 385 g/mol. The Kier molecular flexibility index (Phi) is 4.26. The number of hydrogen-bond acceptors (Lipinski definition) is 5. The Morgan fingerprint density at radius 1 is 1.27 bits per heavy atom. The van der Waals surface area contributed by atoms with Crippen LogP contribution in [0, 0.1) is 5.41 Å². The van der Waals surface area contributed by atoms with Crippen LogP contribution in [0.25, 0.3) is 17.4 Å². The molecule has 3 heterocycles.